The Bertz CT molecular complexity index is 1520. The van der Waals surface area contributed by atoms with Crippen molar-refractivity contribution in [2.75, 3.05) is 32.6 Å². The summed E-state index contributed by atoms with van der Waals surface area (Å²) in [6.07, 6.45) is -2.53. The number of aliphatic hydroxyl groups is 1. The van der Waals surface area contributed by atoms with Gasteiger partial charge in [0.25, 0.3) is 0 Å². The third-order valence-corrected chi connectivity index (χ3v) is 8.39. The van der Waals surface area contributed by atoms with Crippen molar-refractivity contribution in [1.29, 1.82) is 0 Å². The maximum atomic E-state index is 13.5. The molecule has 0 unspecified atom stereocenters. The van der Waals surface area contributed by atoms with Gasteiger partial charge in [-0.3, -0.25) is 4.90 Å². The molecule has 0 bridgehead atoms. The SMILES string of the molecule is CS(=O)(=O)c1cc(OCCCN(Cc2cccc(C(F)(F)F)c2)CC(c2ccccc2)c2ccccc2)ccc1CCO. The molecule has 0 amide bonds. The van der Waals surface area contributed by atoms with E-state index in [0.29, 0.717) is 42.9 Å². The highest BCUT2D eigenvalue weighted by Gasteiger charge is 2.30. The van der Waals surface area contributed by atoms with E-state index in [2.05, 4.69) is 29.2 Å². The van der Waals surface area contributed by atoms with Crippen LogP contribution in [0.4, 0.5) is 13.2 Å². The summed E-state index contributed by atoms with van der Waals surface area (Å²) in [5.74, 6) is 0.392. The van der Waals surface area contributed by atoms with Gasteiger partial charge in [-0.1, -0.05) is 84.9 Å². The molecule has 0 aromatic heterocycles. The number of sulfone groups is 1. The molecule has 4 aromatic carbocycles. The van der Waals surface area contributed by atoms with Crippen molar-refractivity contribution in [1.82, 2.24) is 4.90 Å². The van der Waals surface area contributed by atoms with Crippen molar-refractivity contribution in [3.05, 3.63) is 131 Å². The molecule has 0 spiro atoms. The molecular weight excluding hydrogens is 575 g/mol. The first-order chi connectivity index (χ1) is 20.5. The number of hydrogen-bond acceptors (Lipinski definition) is 5. The molecule has 0 radical (unpaired) electrons. The summed E-state index contributed by atoms with van der Waals surface area (Å²) in [7, 11) is -3.52. The molecule has 5 nitrogen and oxygen atoms in total. The van der Waals surface area contributed by atoms with Gasteiger partial charge < -0.3 is 9.84 Å². The van der Waals surface area contributed by atoms with Crippen LogP contribution in [0.2, 0.25) is 0 Å². The zero-order valence-electron chi connectivity index (χ0n) is 24.0. The molecular formula is C34H36F3NO4S. The number of alkyl halides is 3. The van der Waals surface area contributed by atoms with Gasteiger partial charge in [0.05, 0.1) is 17.1 Å². The van der Waals surface area contributed by atoms with Crippen molar-refractivity contribution >= 4 is 9.84 Å². The molecule has 0 fully saturated rings. The van der Waals surface area contributed by atoms with E-state index in [-0.39, 0.29) is 30.4 Å². The first kappa shape index (κ1) is 32.3. The lowest BCUT2D eigenvalue weighted by Crippen LogP contribution is -2.31. The monoisotopic (exact) mass is 611 g/mol. The van der Waals surface area contributed by atoms with Crippen molar-refractivity contribution in [2.24, 2.45) is 0 Å². The number of rotatable bonds is 14. The van der Waals surface area contributed by atoms with Crippen LogP contribution in [0.15, 0.2) is 108 Å². The molecule has 0 aliphatic carbocycles. The number of nitrogens with zero attached hydrogens (tertiary/aromatic N) is 1. The van der Waals surface area contributed by atoms with Gasteiger partial charge in [-0.25, -0.2) is 8.42 Å². The molecule has 43 heavy (non-hydrogen) atoms. The summed E-state index contributed by atoms with van der Waals surface area (Å²) < 4.78 is 70.8. The van der Waals surface area contributed by atoms with Crippen LogP contribution >= 0.6 is 0 Å². The summed E-state index contributed by atoms with van der Waals surface area (Å²) in [5.41, 5.74) is 2.62. The smallest absolute Gasteiger partial charge is 0.416 e. The first-order valence-corrected chi connectivity index (χ1v) is 16.0. The second-order valence-corrected chi connectivity index (χ2v) is 12.5. The fourth-order valence-electron chi connectivity index (χ4n) is 5.15. The maximum absolute atomic E-state index is 13.5. The van der Waals surface area contributed by atoms with Crippen LogP contribution in [-0.4, -0.2) is 51.0 Å². The third kappa shape index (κ3) is 9.41. The maximum Gasteiger partial charge on any atom is 0.416 e. The van der Waals surface area contributed by atoms with Crippen LogP contribution in [-0.2, 0) is 29.0 Å². The molecule has 4 rings (SSSR count). The topological polar surface area (TPSA) is 66.8 Å². The third-order valence-electron chi connectivity index (χ3n) is 7.21. The lowest BCUT2D eigenvalue weighted by Gasteiger charge is -2.29. The van der Waals surface area contributed by atoms with Gasteiger partial charge in [-0.15, -0.1) is 0 Å². The van der Waals surface area contributed by atoms with E-state index in [4.69, 9.17) is 4.74 Å². The van der Waals surface area contributed by atoms with Crippen LogP contribution in [0.25, 0.3) is 0 Å². The predicted molar refractivity (Wildman–Crippen MR) is 162 cm³/mol. The van der Waals surface area contributed by atoms with Gasteiger partial charge in [-0.05, 0) is 53.3 Å². The second-order valence-electron chi connectivity index (χ2n) is 10.5. The summed E-state index contributed by atoms with van der Waals surface area (Å²) in [4.78, 5) is 2.26. The quantitative estimate of drug-likeness (QED) is 0.160. The second kappa shape index (κ2) is 14.7. The zero-order chi connectivity index (χ0) is 30.9. The summed E-state index contributed by atoms with van der Waals surface area (Å²) >= 11 is 0. The summed E-state index contributed by atoms with van der Waals surface area (Å²) in [6.45, 7) is 1.53. The molecule has 4 aromatic rings. The fourth-order valence-corrected chi connectivity index (χ4v) is 6.12. The van der Waals surface area contributed by atoms with E-state index < -0.39 is 21.6 Å². The first-order valence-electron chi connectivity index (χ1n) is 14.1. The summed E-state index contributed by atoms with van der Waals surface area (Å²) in [5, 5.41) is 9.29. The van der Waals surface area contributed by atoms with Gasteiger partial charge in [0.1, 0.15) is 5.75 Å². The van der Waals surface area contributed by atoms with Crippen LogP contribution in [0.1, 0.15) is 40.2 Å². The van der Waals surface area contributed by atoms with E-state index in [0.717, 1.165) is 23.4 Å². The molecule has 0 saturated heterocycles. The molecule has 0 atom stereocenters. The van der Waals surface area contributed by atoms with E-state index in [1.54, 1.807) is 18.2 Å². The van der Waals surface area contributed by atoms with Crippen molar-refractivity contribution in [3.8, 4) is 5.75 Å². The number of halogens is 3. The molecule has 0 heterocycles. The van der Waals surface area contributed by atoms with E-state index in [9.17, 15) is 26.7 Å². The molecule has 0 saturated carbocycles. The van der Waals surface area contributed by atoms with Gasteiger partial charge in [0, 0.05) is 38.4 Å². The number of benzene rings is 4. The Labute approximate surface area is 251 Å². The highest BCUT2D eigenvalue weighted by molar-refractivity contribution is 7.90. The molecule has 228 valence electrons. The van der Waals surface area contributed by atoms with E-state index in [1.807, 2.05) is 36.4 Å². The largest absolute Gasteiger partial charge is 0.494 e. The van der Waals surface area contributed by atoms with E-state index in [1.165, 1.54) is 18.2 Å². The number of ether oxygens (including phenoxy) is 1. The zero-order valence-corrected chi connectivity index (χ0v) is 24.8. The number of aliphatic hydroxyl groups excluding tert-OH is 1. The molecule has 0 aliphatic rings. The Morgan fingerprint density at radius 3 is 2.09 bits per heavy atom. The molecule has 0 aliphatic heterocycles. The molecule has 9 heteroatoms. The van der Waals surface area contributed by atoms with Crippen LogP contribution in [0, 0.1) is 0 Å². The average Bonchev–Trinajstić information content (AvgIpc) is 2.98. The Morgan fingerprint density at radius 1 is 0.860 bits per heavy atom. The fraction of sp³-hybridized carbons (Fsp3) is 0.294. The Hall–Kier alpha value is -3.66. The van der Waals surface area contributed by atoms with Gasteiger partial charge in [0.2, 0.25) is 0 Å². The van der Waals surface area contributed by atoms with Crippen LogP contribution in [0.3, 0.4) is 0 Å². The minimum atomic E-state index is -4.43. The molecule has 1 N–H and O–H groups in total. The van der Waals surface area contributed by atoms with Crippen LogP contribution < -0.4 is 4.74 Å². The Balaban J connectivity index is 1.53. The minimum absolute atomic E-state index is 0.00879. The predicted octanol–water partition coefficient (Wildman–Crippen LogP) is 6.75. The van der Waals surface area contributed by atoms with Crippen molar-refractivity contribution < 1.29 is 31.4 Å². The van der Waals surface area contributed by atoms with Crippen molar-refractivity contribution in [3.63, 3.8) is 0 Å². The van der Waals surface area contributed by atoms with E-state index >= 15 is 0 Å². The van der Waals surface area contributed by atoms with Gasteiger partial charge >= 0.3 is 6.18 Å². The Morgan fingerprint density at radius 2 is 1.51 bits per heavy atom. The average molecular weight is 612 g/mol. The van der Waals surface area contributed by atoms with Crippen LogP contribution in [0.5, 0.6) is 5.75 Å². The lowest BCUT2D eigenvalue weighted by molar-refractivity contribution is -0.137. The number of hydrogen-bond donors (Lipinski definition) is 1. The minimum Gasteiger partial charge on any atom is -0.494 e. The lowest BCUT2D eigenvalue weighted by atomic mass is 9.90. The normalized spacial score (nSPS) is 12.2. The Kier molecular flexibility index (Phi) is 11.0. The summed E-state index contributed by atoms with van der Waals surface area (Å²) in [6, 6.07) is 30.3. The van der Waals surface area contributed by atoms with Gasteiger partial charge in [0.15, 0.2) is 9.84 Å². The highest BCUT2D eigenvalue weighted by atomic mass is 32.2. The van der Waals surface area contributed by atoms with Crippen molar-refractivity contribution in [2.45, 2.75) is 36.4 Å². The highest BCUT2D eigenvalue weighted by Crippen LogP contribution is 2.31. The van der Waals surface area contributed by atoms with Gasteiger partial charge in [-0.2, -0.15) is 13.2 Å². The standard InChI is InChI=1S/C34H36F3NO4S/c1-43(40,41)33-23-31(17-16-29(33)18-20-39)42-21-9-19-38(24-26-10-8-15-30(22-26)34(35,36)37)25-32(27-11-4-2-5-12-27)28-13-6-3-7-14-28/h2-8,10-17,22-23,32,39H,9,18-21,24-25H2,1H3.